The molecular weight excluding hydrogens is 499 g/mol. The molecule has 0 radical (unpaired) electrons. The summed E-state index contributed by atoms with van der Waals surface area (Å²) in [6.45, 7) is 3.94. The van der Waals surface area contributed by atoms with Gasteiger partial charge in [0.25, 0.3) is 5.56 Å². The van der Waals surface area contributed by atoms with Gasteiger partial charge in [-0.1, -0.05) is 29.3 Å². The fourth-order valence-corrected chi connectivity index (χ4v) is 4.49. The van der Waals surface area contributed by atoms with Crippen molar-refractivity contribution in [2.75, 3.05) is 7.11 Å². The summed E-state index contributed by atoms with van der Waals surface area (Å²) in [4.78, 5) is 18.3. The van der Waals surface area contributed by atoms with E-state index < -0.39 is 0 Å². The van der Waals surface area contributed by atoms with Gasteiger partial charge in [-0.3, -0.25) is 9.20 Å². The van der Waals surface area contributed by atoms with Gasteiger partial charge in [0.15, 0.2) is 11.4 Å². The predicted octanol–water partition coefficient (Wildman–Crippen LogP) is 6.06. The van der Waals surface area contributed by atoms with Crippen molar-refractivity contribution in [2.45, 2.75) is 20.5 Å². The summed E-state index contributed by atoms with van der Waals surface area (Å²) in [5.74, 6) is 1.23. The highest BCUT2D eigenvalue weighted by Gasteiger charge is 2.18. The van der Waals surface area contributed by atoms with Gasteiger partial charge in [-0.25, -0.2) is 9.67 Å². The van der Waals surface area contributed by atoms with E-state index in [0.29, 0.717) is 38.4 Å². The van der Waals surface area contributed by atoms with E-state index in [2.05, 4.69) is 0 Å². The van der Waals surface area contributed by atoms with Gasteiger partial charge in [-0.15, -0.1) is 0 Å². The molecule has 0 amide bonds. The van der Waals surface area contributed by atoms with Gasteiger partial charge in [-0.05, 0) is 68.4 Å². The Balaban J connectivity index is 1.52. The first kappa shape index (κ1) is 23.9. The van der Waals surface area contributed by atoms with E-state index in [1.807, 2.05) is 37.3 Å². The molecule has 0 saturated heterocycles. The molecule has 0 aliphatic carbocycles. The number of benzene rings is 2. The van der Waals surface area contributed by atoms with Gasteiger partial charge in [0.05, 0.1) is 24.1 Å². The van der Waals surface area contributed by atoms with E-state index in [1.54, 1.807) is 55.2 Å². The Hall–Kier alpha value is -3.81. The Labute approximate surface area is 217 Å². The normalized spacial score (nSPS) is 11.1. The Morgan fingerprint density at radius 2 is 1.78 bits per heavy atom. The SMILES string of the molecule is COc1ccc(-n2nc(-c3c(C)nc4c(OCc5ccc(Cl)cc5Cl)cccn4c3=O)cc2C)cc1. The molecule has 5 aromatic rings. The standard InChI is InChI=1S/C27H22Cl2N4O3/c1-16-13-23(31-33(16)20-8-10-21(35-3)11-9-20)25-17(2)30-26-24(5-4-12-32(26)27(25)34)36-15-18-6-7-19(28)14-22(18)29/h4-14H,15H2,1-3H3. The first-order valence-corrected chi connectivity index (χ1v) is 11.9. The average molecular weight is 521 g/mol. The highest BCUT2D eigenvalue weighted by Crippen LogP contribution is 2.26. The van der Waals surface area contributed by atoms with Crippen molar-refractivity contribution in [3.63, 3.8) is 0 Å². The fourth-order valence-electron chi connectivity index (χ4n) is 4.03. The number of hydrogen-bond donors (Lipinski definition) is 0. The molecule has 0 bridgehead atoms. The van der Waals surface area contributed by atoms with Crippen LogP contribution < -0.4 is 15.0 Å². The first-order valence-electron chi connectivity index (χ1n) is 11.2. The molecule has 3 heterocycles. The summed E-state index contributed by atoms with van der Waals surface area (Å²) in [6.07, 6.45) is 1.67. The number of fused-ring (bicyclic) bond motifs is 1. The second kappa shape index (κ2) is 9.68. The molecule has 36 heavy (non-hydrogen) atoms. The van der Waals surface area contributed by atoms with Gasteiger partial charge in [0.1, 0.15) is 18.1 Å². The number of aryl methyl sites for hydroxylation is 2. The van der Waals surface area contributed by atoms with Crippen LogP contribution in [0.2, 0.25) is 10.0 Å². The smallest absolute Gasteiger partial charge is 0.267 e. The molecule has 3 aromatic heterocycles. The van der Waals surface area contributed by atoms with Crippen molar-refractivity contribution in [1.82, 2.24) is 19.2 Å². The Bertz CT molecular complexity index is 1640. The molecule has 9 heteroatoms. The molecule has 182 valence electrons. The summed E-state index contributed by atoms with van der Waals surface area (Å²) in [5.41, 5.74) is 4.25. The van der Waals surface area contributed by atoms with Crippen LogP contribution in [0.15, 0.2) is 71.7 Å². The predicted molar refractivity (Wildman–Crippen MR) is 141 cm³/mol. The molecule has 2 aromatic carbocycles. The summed E-state index contributed by atoms with van der Waals surface area (Å²) < 4.78 is 14.5. The summed E-state index contributed by atoms with van der Waals surface area (Å²) in [5, 5.41) is 5.77. The molecule has 0 saturated carbocycles. The van der Waals surface area contributed by atoms with Crippen molar-refractivity contribution >= 4 is 28.8 Å². The molecule has 7 nitrogen and oxygen atoms in total. The second-order valence-corrected chi connectivity index (χ2v) is 9.09. The molecule has 0 spiro atoms. The number of ether oxygens (including phenoxy) is 2. The number of halogens is 2. The third kappa shape index (κ3) is 4.43. The van der Waals surface area contributed by atoms with Crippen LogP contribution in [0.25, 0.3) is 22.6 Å². The van der Waals surface area contributed by atoms with Gasteiger partial charge in [0, 0.05) is 27.5 Å². The van der Waals surface area contributed by atoms with Crippen LogP contribution in [0.4, 0.5) is 0 Å². The van der Waals surface area contributed by atoms with Crippen LogP contribution >= 0.6 is 23.2 Å². The number of nitrogens with zero attached hydrogens (tertiary/aromatic N) is 4. The monoisotopic (exact) mass is 520 g/mol. The highest BCUT2D eigenvalue weighted by molar-refractivity contribution is 6.35. The third-order valence-electron chi connectivity index (χ3n) is 5.86. The molecular formula is C27H22Cl2N4O3. The number of hydrogen-bond acceptors (Lipinski definition) is 5. The number of pyridine rings is 1. The number of aromatic nitrogens is 4. The van der Waals surface area contributed by atoms with Crippen LogP contribution in [-0.4, -0.2) is 26.3 Å². The summed E-state index contributed by atoms with van der Waals surface area (Å²) in [7, 11) is 1.62. The number of methoxy groups -OCH3 is 1. The minimum absolute atomic E-state index is 0.206. The van der Waals surface area contributed by atoms with Gasteiger partial charge in [0.2, 0.25) is 0 Å². The maximum Gasteiger partial charge on any atom is 0.267 e. The summed E-state index contributed by atoms with van der Waals surface area (Å²) in [6, 6.07) is 18.2. The van der Waals surface area contributed by atoms with E-state index in [4.69, 9.17) is 42.8 Å². The third-order valence-corrected chi connectivity index (χ3v) is 6.45. The average Bonchev–Trinajstić information content (AvgIpc) is 3.24. The zero-order chi connectivity index (χ0) is 25.4. The second-order valence-electron chi connectivity index (χ2n) is 8.25. The van der Waals surface area contributed by atoms with Crippen LogP contribution in [0, 0.1) is 13.8 Å². The molecule has 0 unspecified atom stereocenters. The van der Waals surface area contributed by atoms with Crippen molar-refractivity contribution in [3.05, 3.63) is 104 Å². The van der Waals surface area contributed by atoms with Crippen molar-refractivity contribution in [1.29, 1.82) is 0 Å². The number of rotatable bonds is 6. The largest absolute Gasteiger partial charge is 0.497 e. The van der Waals surface area contributed by atoms with E-state index in [9.17, 15) is 4.79 Å². The zero-order valence-corrected chi connectivity index (χ0v) is 21.3. The van der Waals surface area contributed by atoms with E-state index in [-0.39, 0.29) is 12.2 Å². The van der Waals surface area contributed by atoms with E-state index in [0.717, 1.165) is 22.7 Å². The molecule has 0 N–H and O–H groups in total. The quantitative estimate of drug-likeness (QED) is 0.272. The lowest BCUT2D eigenvalue weighted by Crippen LogP contribution is -2.19. The van der Waals surface area contributed by atoms with Crippen LogP contribution in [0.5, 0.6) is 11.5 Å². The Kier molecular flexibility index (Phi) is 6.43. The lowest BCUT2D eigenvalue weighted by molar-refractivity contribution is 0.308. The topological polar surface area (TPSA) is 70.7 Å². The maximum atomic E-state index is 13.6. The van der Waals surface area contributed by atoms with E-state index >= 15 is 0 Å². The molecule has 5 rings (SSSR count). The van der Waals surface area contributed by atoms with E-state index in [1.165, 1.54) is 4.40 Å². The Morgan fingerprint density at radius 3 is 2.50 bits per heavy atom. The minimum atomic E-state index is -0.230. The van der Waals surface area contributed by atoms with Crippen LogP contribution in [0.1, 0.15) is 17.0 Å². The maximum absolute atomic E-state index is 13.6. The molecule has 0 aliphatic rings. The van der Waals surface area contributed by atoms with Crippen molar-refractivity contribution in [2.24, 2.45) is 0 Å². The van der Waals surface area contributed by atoms with Crippen LogP contribution in [0.3, 0.4) is 0 Å². The van der Waals surface area contributed by atoms with Crippen molar-refractivity contribution < 1.29 is 9.47 Å². The minimum Gasteiger partial charge on any atom is -0.497 e. The molecule has 0 aliphatic heterocycles. The first-order chi connectivity index (χ1) is 17.4. The van der Waals surface area contributed by atoms with Crippen molar-refractivity contribution in [3.8, 4) is 28.4 Å². The fraction of sp³-hybridized carbons (Fsp3) is 0.148. The molecule has 0 fully saturated rings. The molecule has 0 atom stereocenters. The zero-order valence-electron chi connectivity index (χ0n) is 19.8. The van der Waals surface area contributed by atoms with Gasteiger partial charge >= 0.3 is 0 Å². The summed E-state index contributed by atoms with van der Waals surface area (Å²) >= 11 is 12.3. The lowest BCUT2D eigenvalue weighted by Gasteiger charge is -2.12. The van der Waals surface area contributed by atoms with Gasteiger partial charge in [-0.2, -0.15) is 5.10 Å². The highest BCUT2D eigenvalue weighted by atomic mass is 35.5. The lowest BCUT2D eigenvalue weighted by atomic mass is 10.1. The van der Waals surface area contributed by atoms with Gasteiger partial charge < -0.3 is 9.47 Å². The Morgan fingerprint density at radius 1 is 1.00 bits per heavy atom. The van der Waals surface area contributed by atoms with Crippen LogP contribution in [-0.2, 0) is 6.61 Å².